The van der Waals surface area contributed by atoms with Crippen LogP contribution in [-0.2, 0) is 16.4 Å². The number of hydrogen-bond donors (Lipinski definition) is 2. The zero-order chi connectivity index (χ0) is 11.8. The fraction of sp³-hybridized carbons (Fsp3) is 0.200. The second-order valence-corrected chi connectivity index (χ2v) is 6.19. The largest absolute Gasteiger partial charge is 0.396 e. The molecule has 0 aliphatic carbocycles. The van der Waals surface area contributed by atoms with Crippen molar-refractivity contribution in [1.29, 1.82) is 0 Å². The summed E-state index contributed by atoms with van der Waals surface area (Å²) >= 11 is 1.15. The van der Waals surface area contributed by atoms with Gasteiger partial charge in [0.05, 0.1) is 0 Å². The minimum absolute atomic E-state index is 0.0940. The Bertz CT molecular complexity index is 616. The van der Waals surface area contributed by atoms with Crippen LogP contribution in [0.4, 0.5) is 0 Å². The highest BCUT2D eigenvalue weighted by Gasteiger charge is 2.19. The number of rotatable bonds is 3. The molecule has 0 fully saturated rings. The molecule has 2 rings (SSSR count). The average molecular weight is 257 g/mol. The van der Waals surface area contributed by atoms with Crippen LogP contribution < -0.4 is 5.14 Å². The van der Waals surface area contributed by atoms with Crippen molar-refractivity contribution in [3.05, 3.63) is 29.8 Å². The smallest absolute Gasteiger partial charge is 0.247 e. The van der Waals surface area contributed by atoms with Crippen LogP contribution in [-0.4, -0.2) is 20.1 Å². The van der Waals surface area contributed by atoms with Gasteiger partial charge in [0.15, 0.2) is 0 Å². The predicted molar refractivity (Wildman–Crippen MR) is 64.0 cm³/mol. The summed E-state index contributed by atoms with van der Waals surface area (Å²) in [6.07, 6.45) is 0.301. The molecule has 2 aromatic rings. The second kappa shape index (κ2) is 4.14. The predicted octanol–water partition coefficient (Wildman–Crippen LogP) is 1.08. The van der Waals surface area contributed by atoms with Gasteiger partial charge in [0.25, 0.3) is 0 Å². The highest BCUT2D eigenvalue weighted by atomic mass is 32.2. The molecular weight excluding hydrogens is 246 g/mol. The van der Waals surface area contributed by atoms with Gasteiger partial charge in [-0.15, -0.1) is 11.3 Å². The molecule has 0 saturated heterocycles. The lowest BCUT2D eigenvalue weighted by molar-refractivity contribution is 0.299. The van der Waals surface area contributed by atoms with Crippen molar-refractivity contribution in [2.45, 2.75) is 10.6 Å². The first kappa shape index (κ1) is 11.5. The third kappa shape index (κ3) is 1.97. The summed E-state index contributed by atoms with van der Waals surface area (Å²) in [5.74, 6) is 0. The molecule has 0 saturated carbocycles. The van der Waals surface area contributed by atoms with Gasteiger partial charge >= 0.3 is 0 Å². The molecule has 0 radical (unpaired) electrons. The second-order valence-electron chi connectivity index (χ2n) is 3.38. The zero-order valence-electron chi connectivity index (χ0n) is 8.38. The maximum Gasteiger partial charge on any atom is 0.247 e. The molecule has 6 heteroatoms. The number of thiophene rings is 1. The molecule has 1 aromatic heterocycles. The molecule has 86 valence electrons. The lowest BCUT2D eigenvalue weighted by Crippen LogP contribution is -2.12. The highest BCUT2D eigenvalue weighted by Crippen LogP contribution is 2.33. The van der Waals surface area contributed by atoms with Crippen LogP contribution in [0.1, 0.15) is 5.56 Å². The first-order valence-electron chi connectivity index (χ1n) is 4.68. The molecule has 0 bridgehead atoms. The molecule has 0 spiro atoms. The molecule has 0 unspecified atom stereocenters. The number of aliphatic hydroxyl groups excluding tert-OH is 1. The molecule has 0 amide bonds. The number of fused-ring (bicyclic) bond motifs is 1. The summed E-state index contributed by atoms with van der Waals surface area (Å²) in [6, 6.07) is 7.36. The van der Waals surface area contributed by atoms with E-state index in [2.05, 4.69) is 0 Å². The Morgan fingerprint density at radius 2 is 2.00 bits per heavy atom. The van der Waals surface area contributed by atoms with Crippen molar-refractivity contribution in [2.75, 3.05) is 6.61 Å². The van der Waals surface area contributed by atoms with Crippen molar-refractivity contribution in [3.63, 3.8) is 0 Å². The molecule has 1 aromatic carbocycles. The Kier molecular flexibility index (Phi) is 2.98. The van der Waals surface area contributed by atoms with E-state index in [1.807, 2.05) is 24.3 Å². The Labute approximate surface area is 97.4 Å². The van der Waals surface area contributed by atoms with Crippen molar-refractivity contribution in [2.24, 2.45) is 5.14 Å². The Morgan fingerprint density at radius 3 is 2.62 bits per heavy atom. The maximum atomic E-state index is 11.4. The van der Waals surface area contributed by atoms with Gasteiger partial charge < -0.3 is 5.11 Å². The molecule has 4 nitrogen and oxygen atoms in total. The molecule has 0 aliphatic heterocycles. The minimum Gasteiger partial charge on any atom is -0.396 e. The molecule has 0 aliphatic rings. The van der Waals surface area contributed by atoms with E-state index >= 15 is 0 Å². The first-order chi connectivity index (χ1) is 7.54. The van der Waals surface area contributed by atoms with Crippen molar-refractivity contribution < 1.29 is 13.5 Å². The van der Waals surface area contributed by atoms with Crippen LogP contribution in [0.5, 0.6) is 0 Å². The van der Waals surface area contributed by atoms with Crippen molar-refractivity contribution in [1.82, 2.24) is 0 Å². The molecule has 3 N–H and O–H groups in total. The Balaban J connectivity index is 2.78. The van der Waals surface area contributed by atoms with Gasteiger partial charge in [0.2, 0.25) is 10.0 Å². The van der Waals surface area contributed by atoms with E-state index in [1.165, 1.54) is 0 Å². The van der Waals surface area contributed by atoms with Gasteiger partial charge in [-0.1, -0.05) is 18.2 Å². The third-order valence-electron chi connectivity index (χ3n) is 2.28. The van der Waals surface area contributed by atoms with Crippen LogP contribution in [0, 0.1) is 0 Å². The van der Waals surface area contributed by atoms with Gasteiger partial charge in [-0.2, -0.15) is 0 Å². The summed E-state index contributed by atoms with van der Waals surface area (Å²) in [6.45, 7) is -0.0940. The molecule has 16 heavy (non-hydrogen) atoms. The number of nitrogens with two attached hydrogens (primary N) is 1. The van der Waals surface area contributed by atoms with Gasteiger partial charge in [-0.05, 0) is 23.4 Å². The molecular formula is C10H11NO3S2. The van der Waals surface area contributed by atoms with Crippen LogP contribution in [0.25, 0.3) is 10.1 Å². The molecule has 0 atom stereocenters. The number of benzene rings is 1. The molecule has 1 heterocycles. The normalized spacial score (nSPS) is 12.1. The zero-order valence-corrected chi connectivity index (χ0v) is 10.0. The summed E-state index contributed by atoms with van der Waals surface area (Å²) in [5.41, 5.74) is 0.616. The van der Waals surface area contributed by atoms with E-state index in [0.29, 0.717) is 12.0 Å². The monoisotopic (exact) mass is 257 g/mol. The van der Waals surface area contributed by atoms with E-state index in [0.717, 1.165) is 21.4 Å². The van der Waals surface area contributed by atoms with E-state index in [9.17, 15) is 8.42 Å². The van der Waals surface area contributed by atoms with Gasteiger partial charge in [-0.3, -0.25) is 0 Å². The van der Waals surface area contributed by atoms with E-state index in [-0.39, 0.29) is 10.8 Å². The number of hydrogen-bond acceptors (Lipinski definition) is 4. The van der Waals surface area contributed by atoms with Crippen molar-refractivity contribution in [3.8, 4) is 0 Å². The van der Waals surface area contributed by atoms with Gasteiger partial charge in [0.1, 0.15) is 4.21 Å². The van der Waals surface area contributed by atoms with Crippen LogP contribution in [0.2, 0.25) is 0 Å². The minimum atomic E-state index is -3.71. The summed E-state index contributed by atoms with van der Waals surface area (Å²) in [5, 5.41) is 15.0. The van der Waals surface area contributed by atoms with E-state index < -0.39 is 10.0 Å². The van der Waals surface area contributed by atoms with Gasteiger partial charge in [0, 0.05) is 11.3 Å². The standard InChI is InChI=1S/C10H11NO3S2/c11-16(13,14)10-8(5-6-12)7-3-1-2-4-9(7)15-10/h1-4,12H,5-6H2,(H2,11,13,14). The van der Waals surface area contributed by atoms with Crippen LogP contribution in [0.15, 0.2) is 28.5 Å². The summed E-state index contributed by atoms with van der Waals surface area (Å²) in [7, 11) is -3.71. The van der Waals surface area contributed by atoms with E-state index in [1.54, 1.807) is 0 Å². The fourth-order valence-electron chi connectivity index (χ4n) is 1.65. The van der Waals surface area contributed by atoms with Gasteiger partial charge in [-0.25, -0.2) is 13.6 Å². The van der Waals surface area contributed by atoms with E-state index in [4.69, 9.17) is 10.2 Å². The summed E-state index contributed by atoms with van der Waals surface area (Å²) < 4.78 is 23.8. The van der Waals surface area contributed by atoms with Crippen LogP contribution in [0.3, 0.4) is 0 Å². The topological polar surface area (TPSA) is 80.4 Å². The van der Waals surface area contributed by atoms with Crippen molar-refractivity contribution >= 4 is 31.4 Å². The summed E-state index contributed by atoms with van der Waals surface area (Å²) in [4.78, 5) is 0. The fourth-order valence-corrected chi connectivity index (χ4v) is 3.93. The quantitative estimate of drug-likeness (QED) is 0.863. The lowest BCUT2D eigenvalue weighted by Gasteiger charge is -1.99. The van der Waals surface area contributed by atoms with Crippen LogP contribution >= 0.6 is 11.3 Å². The Hall–Kier alpha value is -0.950. The number of primary sulfonamides is 1. The number of sulfonamides is 1. The Morgan fingerprint density at radius 1 is 1.31 bits per heavy atom. The third-order valence-corrected chi connectivity index (χ3v) is 5.00. The SMILES string of the molecule is NS(=O)(=O)c1sc2ccccc2c1CCO. The maximum absolute atomic E-state index is 11.4. The lowest BCUT2D eigenvalue weighted by atomic mass is 10.1. The number of aliphatic hydroxyl groups is 1. The first-order valence-corrected chi connectivity index (χ1v) is 7.04. The average Bonchev–Trinajstić information content (AvgIpc) is 2.58. The highest BCUT2D eigenvalue weighted by molar-refractivity contribution is 7.91.